The average molecular weight is 510 g/mol. The summed E-state index contributed by atoms with van der Waals surface area (Å²) in [5.41, 5.74) is 4.03. The van der Waals surface area contributed by atoms with Crippen LogP contribution >= 0.6 is 27.3 Å². The molecule has 4 heterocycles. The van der Waals surface area contributed by atoms with Crippen LogP contribution in [0.1, 0.15) is 28.1 Å². The highest BCUT2D eigenvalue weighted by atomic mass is 79.9. The van der Waals surface area contributed by atoms with Crippen molar-refractivity contribution in [3.63, 3.8) is 0 Å². The fourth-order valence-electron chi connectivity index (χ4n) is 4.21. The van der Waals surface area contributed by atoms with Crippen LogP contribution in [0.15, 0.2) is 58.5 Å². The third-order valence-electron chi connectivity index (χ3n) is 6.06. The number of hydrogen-bond acceptors (Lipinski definition) is 5. The summed E-state index contributed by atoms with van der Waals surface area (Å²) >= 11 is 5.09. The van der Waals surface area contributed by atoms with Crippen molar-refractivity contribution in [2.24, 2.45) is 5.92 Å². The van der Waals surface area contributed by atoms with Crippen LogP contribution in [0, 0.1) is 12.8 Å². The molecule has 0 radical (unpaired) electrons. The van der Waals surface area contributed by atoms with Crippen molar-refractivity contribution >= 4 is 44.6 Å². The second kappa shape index (κ2) is 9.03. The number of aromatic nitrogens is 3. The molecule has 3 aromatic heterocycles. The summed E-state index contributed by atoms with van der Waals surface area (Å²) < 4.78 is 2.72. The Bertz CT molecular complexity index is 1240. The number of benzene rings is 1. The van der Waals surface area contributed by atoms with Gasteiger partial charge >= 0.3 is 0 Å². The van der Waals surface area contributed by atoms with Gasteiger partial charge in [-0.05, 0) is 58.6 Å². The average Bonchev–Trinajstić information content (AvgIpc) is 3.48. The zero-order valence-corrected chi connectivity index (χ0v) is 20.2. The summed E-state index contributed by atoms with van der Waals surface area (Å²) in [4.78, 5) is 20.2. The molecule has 1 aliphatic rings. The highest BCUT2D eigenvalue weighted by molar-refractivity contribution is 9.10. The van der Waals surface area contributed by atoms with Crippen molar-refractivity contribution in [2.45, 2.75) is 19.8 Å². The molecule has 4 aromatic rings. The Morgan fingerprint density at radius 1 is 1.22 bits per heavy atom. The minimum Gasteiger partial charge on any atom is -0.370 e. The molecular formula is C24H24BrN5OS. The van der Waals surface area contributed by atoms with Gasteiger partial charge in [-0.25, -0.2) is 4.98 Å². The van der Waals surface area contributed by atoms with E-state index >= 15 is 0 Å². The molecule has 0 bridgehead atoms. The minimum atomic E-state index is 0.159. The largest absolute Gasteiger partial charge is 0.370 e. The maximum Gasteiger partial charge on any atom is 0.263 e. The monoisotopic (exact) mass is 509 g/mol. The summed E-state index contributed by atoms with van der Waals surface area (Å²) in [7, 11) is 0. The normalized spacial score (nSPS) is 14.8. The fraction of sp³-hybridized carbons (Fsp3) is 0.292. The highest BCUT2D eigenvalue weighted by Gasteiger charge is 2.24. The van der Waals surface area contributed by atoms with Crippen molar-refractivity contribution in [3.8, 4) is 11.3 Å². The molecule has 8 heteroatoms. The molecule has 0 unspecified atom stereocenters. The quantitative estimate of drug-likeness (QED) is 0.386. The van der Waals surface area contributed by atoms with Gasteiger partial charge in [0.2, 0.25) is 0 Å². The molecule has 32 heavy (non-hydrogen) atoms. The Kier molecular flexibility index (Phi) is 5.97. The molecule has 1 aliphatic heterocycles. The molecule has 1 amide bonds. The topological polar surface area (TPSA) is 62.5 Å². The molecule has 1 aromatic carbocycles. The second-order valence-corrected chi connectivity index (χ2v) is 9.97. The summed E-state index contributed by atoms with van der Waals surface area (Å²) in [6, 6.07) is 14.2. The van der Waals surface area contributed by atoms with Crippen molar-refractivity contribution < 1.29 is 4.79 Å². The molecule has 0 aliphatic carbocycles. The van der Waals surface area contributed by atoms with Crippen molar-refractivity contribution in [2.75, 3.05) is 25.0 Å². The maximum absolute atomic E-state index is 12.6. The van der Waals surface area contributed by atoms with Crippen LogP contribution < -0.4 is 5.32 Å². The second-order valence-electron chi connectivity index (χ2n) is 8.16. The molecule has 0 saturated carbocycles. The van der Waals surface area contributed by atoms with E-state index in [4.69, 9.17) is 4.98 Å². The molecule has 1 N–H and O–H groups in total. The molecule has 6 nitrogen and oxygen atoms in total. The Hall–Kier alpha value is -2.71. The van der Waals surface area contributed by atoms with Gasteiger partial charge in [-0.2, -0.15) is 9.61 Å². The van der Waals surface area contributed by atoms with Gasteiger partial charge in [0.25, 0.3) is 5.91 Å². The number of piperidine rings is 1. The van der Waals surface area contributed by atoms with Gasteiger partial charge in [-0.15, -0.1) is 11.3 Å². The number of nitrogens with zero attached hydrogens (tertiary/aromatic N) is 4. The van der Waals surface area contributed by atoms with Crippen molar-refractivity contribution in [1.82, 2.24) is 19.5 Å². The van der Waals surface area contributed by atoms with Gasteiger partial charge in [0.15, 0.2) is 5.65 Å². The van der Waals surface area contributed by atoms with Gasteiger partial charge < -0.3 is 10.2 Å². The number of fused-ring (bicyclic) bond motifs is 1. The first-order valence-corrected chi connectivity index (χ1v) is 12.4. The van der Waals surface area contributed by atoms with Crippen LogP contribution in [-0.2, 0) is 0 Å². The molecule has 5 rings (SSSR count). The van der Waals surface area contributed by atoms with Crippen LogP contribution in [0.3, 0.4) is 0 Å². The van der Waals surface area contributed by atoms with Crippen molar-refractivity contribution in [3.05, 3.63) is 69.0 Å². The van der Waals surface area contributed by atoms with E-state index in [1.54, 1.807) is 6.20 Å². The van der Waals surface area contributed by atoms with E-state index in [0.717, 1.165) is 64.5 Å². The van der Waals surface area contributed by atoms with Gasteiger partial charge in [0, 0.05) is 31.3 Å². The van der Waals surface area contributed by atoms with E-state index in [-0.39, 0.29) is 5.91 Å². The number of anilines is 1. The third-order valence-corrected chi connectivity index (χ3v) is 7.47. The predicted octanol–water partition coefficient (Wildman–Crippen LogP) is 5.49. The lowest BCUT2D eigenvalue weighted by atomic mass is 9.96. The number of hydrogen-bond donors (Lipinski definition) is 1. The van der Waals surface area contributed by atoms with E-state index in [1.165, 1.54) is 16.9 Å². The first-order valence-electron chi connectivity index (χ1n) is 10.8. The van der Waals surface area contributed by atoms with Gasteiger partial charge in [-0.3, -0.25) is 4.79 Å². The lowest BCUT2D eigenvalue weighted by molar-refractivity contribution is 0.0700. The zero-order valence-electron chi connectivity index (χ0n) is 17.8. The summed E-state index contributed by atoms with van der Waals surface area (Å²) in [6.45, 7) is 4.54. The number of amides is 1. The van der Waals surface area contributed by atoms with Crippen LogP contribution in [0.5, 0.6) is 0 Å². The Morgan fingerprint density at radius 3 is 2.78 bits per heavy atom. The molecule has 0 spiro atoms. The standard InChI is InChI=1S/C24H24BrN5OS/c1-16-5-2-3-6-18(16)20-13-22(30-23(28-20)19(25)15-27-30)26-14-17-8-10-29(11-9-17)24(31)21-7-4-12-32-21/h2-7,12-13,15,17,26H,8-11,14H2,1H3. The molecule has 1 saturated heterocycles. The van der Waals surface area contributed by atoms with Gasteiger partial charge in [0.1, 0.15) is 5.82 Å². The lowest BCUT2D eigenvalue weighted by Gasteiger charge is -2.32. The first kappa shape index (κ1) is 21.2. The number of likely N-dealkylation sites (tertiary alicyclic amines) is 1. The highest BCUT2D eigenvalue weighted by Crippen LogP contribution is 2.28. The van der Waals surface area contributed by atoms with E-state index in [9.17, 15) is 4.79 Å². The number of thiophene rings is 1. The van der Waals surface area contributed by atoms with Gasteiger partial charge in [-0.1, -0.05) is 30.3 Å². The Balaban J connectivity index is 1.31. The number of halogens is 1. The number of carbonyl (C=O) groups is 1. The van der Waals surface area contributed by atoms with Crippen LogP contribution in [0.2, 0.25) is 0 Å². The molecule has 1 fully saturated rings. The van der Waals surface area contributed by atoms with E-state index in [0.29, 0.717) is 5.92 Å². The summed E-state index contributed by atoms with van der Waals surface area (Å²) in [6.07, 6.45) is 3.77. The summed E-state index contributed by atoms with van der Waals surface area (Å²) in [5, 5.41) is 10.1. The minimum absolute atomic E-state index is 0.159. The first-order chi connectivity index (χ1) is 15.6. The Labute approximate surface area is 199 Å². The molecule has 0 atom stereocenters. The van der Waals surface area contributed by atoms with Crippen molar-refractivity contribution in [1.29, 1.82) is 0 Å². The number of nitrogens with one attached hydrogen (secondary N) is 1. The maximum atomic E-state index is 12.6. The molecular weight excluding hydrogens is 486 g/mol. The fourth-order valence-corrected chi connectivity index (χ4v) is 5.24. The number of carbonyl (C=O) groups excluding carboxylic acids is 1. The Morgan fingerprint density at radius 2 is 2.03 bits per heavy atom. The predicted molar refractivity (Wildman–Crippen MR) is 132 cm³/mol. The number of rotatable bonds is 5. The molecule has 164 valence electrons. The van der Waals surface area contributed by atoms with E-state index < -0.39 is 0 Å². The van der Waals surface area contributed by atoms with Crippen LogP contribution in [0.4, 0.5) is 5.82 Å². The summed E-state index contributed by atoms with van der Waals surface area (Å²) in [5.74, 6) is 1.59. The SMILES string of the molecule is Cc1ccccc1-c1cc(NCC2CCN(C(=O)c3cccs3)CC2)n2ncc(Br)c2n1. The van der Waals surface area contributed by atoms with E-state index in [2.05, 4.69) is 51.5 Å². The zero-order chi connectivity index (χ0) is 22.1. The van der Waals surface area contributed by atoms with Gasteiger partial charge in [0.05, 0.1) is 21.2 Å². The number of aryl methyl sites for hydroxylation is 1. The smallest absolute Gasteiger partial charge is 0.263 e. The van der Waals surface area contributed by atoms with Crippen LogP contribution in [-0.4, -0.2) is 45.0 Å². The van der Waals surface area contributed by atoms with E-state index in [1.807, 2.05) is 39.1 Å². The third kappa shape index (κ3) is 4.17. The lowest BCUT2D eigenvalue weighted by Crippen LogP contribution is -2.39. The van der Waals surface area contributed by atoms with Crippen LogP contribution in [0.25, 0.3) is 16.9 Å².